The second-order valence-electron chi connectivity index (χ2n) is 12.3. The summed E-state index contributed by atoms with van der Waals surface area (Å²) in [6.45, 7) is 2.00. The number of nitrogens with one attached hydrogen (secondary N) is 2. The Morgan fingerprint density at radius 3 is 2.27 bits per heavy atom. The summed E-state index contributed by atoms with van der Waals surface area (Å²) in [5.41, 5.74) is 4.48. The summed E-state index contributed by atoms with van der Waals surface area (Å²) in [7, 11) is 3.30. The number of ether oxygens (including phenoxy) is 2. The highest BCUT2D eigenvalue weighted by Crippen LogP contribution is 2.33. The Morgan fingerprint density at radius 1 is 0.863 bits per heavy atom. The molecule has 0 fully saturated rings. The lowest BCUT2D eigenvalue weighted by molar-refractivity contribution is -0.137. The van der Waals surface area contributed by atoms with Crippen molar-refractivity contribution in [3.63, 3.8) is 0 Å². The number of carboxylic acids is 1. The highest BCUT2D eigenvalue weighted by Gasteiger charge is 2.19. The Balaban J connectivity index is 1.13. The first-order valence-corrected chi connectivity index (χ1v) is 16.5. The number of fused-ring (bicyclic) bond motifs is 1. The van der Waals surface area contributed by atoms with Crippen molar-refractivity contribution in [3.8, 4) is 11.5 Å². The number of rotatable bonds is 11. The molecule has 260 valence electrons. The van der Waals surface area contributed by atoms with Gasteiger partial charge in [0.05, 0.1) is 14.2 Å². The van der Waals surface area contributed by atoms with Crippen LogP contribution in [0.5, 0.6) is 11.5 Å². The Labute approximate surface area is 293 Å². The number of carbonyl (C=O) groups excluding carboxylic acids is 1. The van der Waals surface area contributed by atoms with Gasteiger partial charge < -0.3 is 24.9 Å². The summed E-state index contributed by atoms with van der Waals surface area (Å²) in [6.07, 6.45) is 4.69. The molecule has 11 nitrogen and oxygen atoms in total. The summed E-state index contributed by atoms with van der Waals surface area (Å²) in [5.74, 6) is -0.117. The minimum atomic E-state index is -1.26. The minimum Gasteiger partial charge on any atom is -0.493 e. The van der Waals surface area contributed by atoms with Crippen LogP contribution in [0.15, 0.2) is 101 Å². The molecule has 0 saturated heterocycles. The molecule has 0 aliphatic carbocycles. The quantitative estimate of drug-likeness (QED) is 0.193. The van der Waals surface area contributed by atoms with E-state index in [-0.39, 0.29) is 16.6 Å². The molecule has 4 aromatic carbocycles. The molecular formula is C40H38N4O7. The van der Waals surface area contributed by atoms with Crippen molar-refractivity contribution in [2.75, 3.05) is 32.6 Å². The van der Waals surface area contributed by atoms with E-state index in [9.17, 15) is 24.3 Å². The van der Waals surface area contributed by atoms with Gasteiger partial charge in [-0.05, 0) is 89.2 Å². The number of anilines is 1. The van der Waals surface area contributed by atoms with Crippen LogP contribution in [0.4, 0.5) is 5.69 Å². The summed E-state index contributed by atoms with van der Waals surface area (Å²) >= 11 is 0. The Morgan fingerprint density at radius 2 is 1.57 bits per heavy atom. The number of H-pyrrole nitrogens is 1. The predicted molar refractivity (Wildman–Crippen MR) is 195 cm³/mol. The van der Waals surface area contributed by atoms with Crippen LogP contribution in [0.3, 0.4) is 0 Å². The van der Waals surface area contributed by atoms with Crippen molar-refractivity contribution < 1.29 is 24.2 Å². The summed E-state index contributed by atoms with van der Waals surface area (Å²) in [6, 6.07) is 27.3. The van der Waals surface area contributed by atoms with Gasteiger partial charge in [-0.1, -0.05) is 54.6 Å². The fourth-order valence-corrected chi connectivity index (χ4v) is 6.17. The molecule has 0 bridgehead atoms. The number of benzene rings is 4. The third-order valence-corrected chi connectivity index (χ3v) is 8.83. The molecule has 2 heterocycles. The molecule has 5 aromatic rings. The van der Waals surface area contributed by atoms with Gasteiger partial charge in [0, 0.05) is 30.9 Å². The van der Waals surface area contributed by atoms with E-state index >= 15 is 0 Å². The molecule has 0 atom stereocenters. The summed E-state index contributed by atoms with van der Waals surface area (Å²) < 4.78 is 11.9. The number of hydrogen-bond donors (Lipinski definition) is 3. The highest BCUT2D eigenvalue weighted by atomic mass is 16.5. The predicted octanol–water partition coefficient (Wildman–Crippen LogP) is 3.15. The van der Waals surface area contributed by atoms with Crippen molar-refractivity contribution in [1.29, 1.82) is 0 Å². The van der Waals surface area contributed by atoms with Crippen molar-refractivity contribution in [2.24, 2.45) is 0 Å². The first-order valence-electron chi connectivity index (χ1n) is 16.5. The van der Waals surface area contributed by atoms with Gasteiger partial charge in [0.1, 0.15) is 17.2 Å². The van der Waals surface area contributed by atoms with E-state index < -0.39 is 23.6 Å². The van der Waals surface area contributed by atoms with E-state index in [0.717, 1.165) is 54.1 Å². The van der Waals surface area contributed by atoms with Gasteiger partial charge in [0.2, 0.25) is 0 Å². The number of carboxylic acid groups (broad SMARTS) is 1. The maximum atomic E-state index is 13.4. The van der Waals surface area contributed by atoms with Gasteiger partial charge in [-0.3, -0.25) is 28.6 Å². The van der Waals surface area contributed by atoms with Gasteiger partial charge in [-0.15, -0.1) is 0 Å². The van der Waals surface area contributed by atoms with E-state index in [1.54, 1.807) is 62.8 Å². The number of aliphatic carboxylic acids is 1. The molecule has 1 amide bonds. The SMILES string of the molecule is COc1cc2c(cc1OC)CN(CCc1ccc(NC(=O)c3cccc(/C=c4\[nH]c(=O)/c(=C/c5ccccc5)n(CC(=O)O)c4=O)c3)cc1)CC2. The lowest BCUT2D eigenvalue weighted by atomic mass is 9.98. The Kier molecular flexibility index (Phi) is 10.6. The van der Waals surface area contributed by atoms with Gasteiger partial charge in [0.15, 0.2) is 11.5 Å². The number of hydrogen-bond acceptors (Lipinski definition) is 7. The standard InChI is InChI=1S/C40H38N4O7/c1-50-35-22-29-16-18-43(24-31(29)23-36(35)51-2)17-15-26-11-13-32(14-12-26)41-38(47)30-10-6-9-28(19-30)20-33-40(49)44(25-37(45)46)34(39(48)42-33)21-27-7-4-3-5-8-27/h3-14,19-23H,15-18,24-25H2,1-2H3,(H,41,47)(H,42,48)(H,45,46)/b33-20-,34-21-. The molecule has 11 heteroatoms. The molecule has 3 N–H and O–H groups in total. The third kappa shape index (κ3) is 8.34. The fraction of sp³-hybridized carbons (Fsp3) is 0.200. The average Bonchev–Trinajstić information content (AvgIpc) is 3.14. The molecular weight excluding hydrogens is 648 g/mol. The fourth-order valence-electron chi connectivity index (χ4n) is 6.17. The minimum absolute atomic E-state index is 0.0791. The third-order valence-electron chi connectivity index (χ3n) is 8.83. The van der Waals surface area contributed by atoms with Crippen molar-refractivity contribution in [3.05, 3.63) is 156 Å². The molecule has 0 unspecified atom stereocenters. The maximum absolute atomic E-state index is 13.4. The Bertz CT molecular complexity index is 2310. The van der Waals surface area contributed by atoms with Gasteiger partial charge in [-0.2, -0.15) is 0 Å². The van der Waals surface area contributed by atoms with Crippen molar-refractivity contribution >= 4 is 29.7 Å². The number of methoxy groups -OCH3 is 2. The number of aromatic nitrogens is 2. The number of nitrogens with zero attached hydrogens (tertiary/aromatic N) is 2. The monoisotopic (exact) mass is 686 g/mol. The van der Waals surface area contributed by atoms with Crippen LogP contribution in [-0.4, -0.2) is 58.7 Å². The second kappa shape index (κ2) is 15.6. The molecule has 1 aliphatic heterocycles. The molecule has 1 aliphatic rings. The zero-order valence-electron chi connectivity index (χ0n) is 28.3. The molecule has 51 heavy (non-hydrogen) atoms. The number of aromatic amines is 1. The van der Waals surface area contributed by atoms with Crippen LogP contribution in [0.25, 0.3) is 12.2 Å². The molecule has 1 aromatic heterocycles. The van der Waals surface area contributed by atoms with Gasteiger partial charge in [0.25, 0.3) is 17.0 Å². The van der Waals surface area contributed by atoms with E-state index in [1.807, 2.05) is 30.3 Å². The lowest BCUT2D eigenvalue weighted by Gasteiger charge is -2.29. The maximum Gasteiger partial charge on any atom is 0.323 e. The first kappa shape index (κ1) is 34.7. The number of carbonyl (C=O) groups is 2. The normalized spacial score (nSPS) is 13.5. The van der Waals surface area contributed by atoms with Crippen LogP contribution in [0, 0.1) is 0 Å². The van der Waals surface area contributed by atoms with Gasteiger partial charge >= 0.3 is 5.97 Å². The van der Waals surface area contributed by atoms with Crippen LogP contribution >= 0.6 is 0 Å². The first-order chi connectivity index (χ1) is 24.7. The summed E-state index contributed by atoms with van der Waals surface area (Å²) in [5, 5.41) is 12.2. The average molecular weight is 687 g/mol. The largest absolute Gasteiger partial charge is 0.493 e. The second-order valence-corrected chi connectivity index (χ2v) is 12.3. The zero-order valence-corrected chi connectivity index (χ0v) is 28.3. The van der Waals surface area contributed by atoms with Crippen LogP contribution in [0.1, 0.15) is 38.2 Å². The highest BCUT2D eigenvalue weighted by molar-refractivity contribution is 6.04. The number of amides is 1. The van der Waals surface area contributed by atoms with E-state index in [2.05, 4.69) is 27.3 Å². The molecule has 0 radical (unpaired) electrons. The van der Waals surface area contributed by atoms with Crippen LogP contribution in [-0.2, 0) is 30.7 Å². The molecule has 0 saturated carbocycles. The van der Waals surface area contributed by atoms with E-state index in [0.29, 0.717) is 22.4 Å². The van der Waals surface area contributed by atoms with Gasteiger partial charge in [-0.25, -0.2) is 0 Å². The van der Waals surface area contributed by atoms with Crippen LogP contribution in [0.2, 0.25) is 0 Å². The summed E-state index contributed by atoms with van der Waals surface area (Å²) in [4.78, 5) is 56.3. The molecule has 0 spiro atoms. The lowest BCUT2D eigenvalue weighted by Crippen LogP contribution is -2.54. The smallest absolute Gasteiger partial charge is 0.323 e. The van der Waals surface area contributed by atoms with Crippen LogP contribution < -0.4 is 36.6 Å². The van der Waals surface area contributed by atoms with E-state index in [1.165, 1.54) is 23.3 Å². The zero-order chi connectivity index (χ0) is 35.9. The van der Waals surface area contributed by atoms with Crippen molar-refractivity contribution in [1.82, 2.24) is 14.5 Å². The topological polar surface area (TPSA) is 143 Å². The Hall–Kier alpha value is -6.20. The van der Waals surface area contributed by atoms with Crippen molar-refractivity contribution in [2.45, 2.75) is 25.9 Å². The molecule has 6 rings (SSSR count). The van der Waals surface area contributed by atoms with E-state index in [4.69, 9.17) is 9.47 Å².